The normalized spacial score (nSPS) is 17.3. The van der Waals surface area contributed by atoms with Crippen molar-refractivity contribution in [3.63, 3.8) is 0 Å². The Morgan fingerprint density at radius 1 is 1.30 bits per heavy atom. The van der Waals surface area contributed by atoms with E-state index >= 15 is 0 Å². The minimum Gasteiger partial charge on any atom is -0.351 e. The number of carbonyl (C=O) groups is 2. The number of nitrogens with one attached hydrogen (secondary N) is 1. The number of aromatic nitrogens is 2. The molecule has 6 heteroatoms. The number of hydrogen-bond donors (Lipinski definition) is 1. The molecule has 0 aromatic carbocycles. The van der Waals surface area contributed by atoms with Gasteiger partial charge in [-0.2, -0.15) is 5.10 Å². The van der Waals surface area contributed by atoms with Gasteiger partial charge in [0.05, 0.1) is 6.54 Å². The molecule has 0 unspecified atom stereocenters. The highest BCUT2D eigenvalue weighted by Gasteiger charge is 2.32. The van der Waals surface area contributed by atoms with E-state index in [0.29, 0.717) is 36.9 Å². The topological polar surface area (TPSA) is 67.2 Å². The monoisotopic (exact) mass is 318 g/mol. The Balaban J connectivity index is 1.56. The van der Waals surface area contributed by atoms with Gasteiger partial charge in [-0.05, 0) is 25.2 Å². The van der Waals surface area contributed by atoms with Crippen LogP contribution in [0.15, 0.2) is 6.07 Å². The number of unbranched alkanes of at least 4 members (excludes halogenated alkanes) is 3. The Bertz CT molecular complexity index is 577. The summed E-state index contributed by atoms with van der Waals surface area (Å²) in [5.41, 5.74) is 0.908. The molecule has 2 aliphatic rings. The first-order chi connectivity index (χ1) is 11.2. The Morgan fingerprint density at radius 3 is 2.87 bits per heavy atom. The van der Waals surface area contributed by atoms with Crippen LogP contribution in [0.2, 0.25) is 0 Å². The molecule has 1 aromatic rings. The van der Waals surface area contributed by atoms with E-state index in [1.807, 2.05) is 4.90 Å². The maximum atomic E-state index is 12.5. The first-order valence-corrected chi connectivity index (χ1v) is 8.84. The molecule has 0 atom stereocenters. The van der Waals surface area contributed by atoms with Gasteiger partial charge in [0.15, 0.2) is 5.69 Å². The first-order valence-electron chi connectivity index (χ1n) is 8.84. The molecule has 0 saturated heterocycles. The molecule has 1 saturated carbocycles. The molecule has 1 N–H and O–H groups in total. The Kier molecular flexibility index (Phi) is 4.98. The molecule has 23 heavy (non-hydrogen) atoms. The highest BCUT2D eigenvalue weighted by atomic mass is 16.2. The van der Waals surface area contributed by atoms with Crippen molar-refractivity contribution in [1.82, 2.24) is 20.0 Å². The second kappa shape index (κ2) is 7.15. The van der Waals surface area contributed by atoms with E-state index in [1.165, 1.54) is 25.7 Å². The highest BCUT2D eigenvalue weighted by Crippen LogP contribution is 2.30. The van der Waals surface area contributed by atoms with Gasteiger partial charge in [0.25, 0.3) is 11.8 Å². The first kappa shape index (κ1) is 16.0. The van der Waals surface area contributed by atoms with Crippen LogP contribution in [0.5, 0.6) is 0 Å². The molecule has 1 aliphatic heterocycles. The summed E-state index contributed by atoms with van der Waals surface area (Å²) < 4.78 is 1.68. The summed E-state index contributed by atoms with van der Waals surface area (Å²) >= 11 is 0. The molecular formula is C17H26N4O2. The van der Waals surface area contributed by atoms with Gasteiger partial charge in [0.1, 0.15) is 5.69 Å². The van der Waals surface area contributed by atoms with Gasteiger partial charge in [-0.15, -0.1) is 0 Å². The predicted octanol–water partition coefficient (Wildman–Crippen LogP) is 2.06. The SMILES string of the molecule is CCCCCCNC(=O)c1cc2n(n1)CCN(CC1CC1)C2=O. The van der Waals surface area contributed by atoms with Crippen LogP contribution in [0.4, 0.5) is 0 Å². The van der Waals surface area contributed by atoms with Crippen LogP contribution < -0.4 is 5.32 Å². The molecule has 2 amide bonds. The van der Waals surface area contributed by atoms with Crippen molar-refractivity contribution in [3.05, 3.63) is 17.5 Å². The fourth-order valence-corrected chi connectivity index (χ4v) is 2.98. The predicted molar refractivity (Wildman–Crippen MR) is 87.3 cm³/mol. The van der Waals surface area contributed by atoms with Crippen molar-refractivity contribution in [1.29, 1.82) is 0 Å². The van der Waals surface area contributed by atoms with Crippen LogP contribution in [-0.4, -0.2) is 46.1 Å². The lowest BCUT2D eigenvalue weighted by Gasteiger charge is -2.27. The summed E-state index contributed by atoms with van der Waals surface area (Å²) in [5.74, 6) is 0.516. The summed E-state index contributed by atoms with van der Waals surface area (Å²) in [6.07, 6.45) is 6.96. The third-order valence-corrected chi connectivity index (χ3v) is 4.59. The van der Waals surface area contributed by atoms with E-state index in [9.17, 15) is 9.59 Å². The van der Waals surface area contributed by atoms with Gasteiger partial charge in [-0.3, -0.25) is 14.3 Å². The largest absolute Gasteiger partial charge is 0.351 e. The standard InChI is InChI=1S/C17H26N4O2/c1-2-3-4-5-8-18-16(22)14-11-15-17(23)20(12-13-6-7-13)9-10-21(15)19-14/h11,13H,2-10,12H2,1H3,(H,18,22). The minimum atomic E-state index is -0.176. The quantitative estimate of drug-likeness (QED) is 0.746. The van der Waals surface area contributed by atoms with E-state index in [2.05, 4.69) is 17.3 Å². The highest BCUT2D eigenvalue weighted by molar-refractivity contribution is 5.98. The Hall–Kier alpha value is -1.85. The second-order valence-electron chi connectivity index (χ2n) is 6.65. The van der Waals surface area contributed by atoms with Crippen LogP contribution >= 0.6 is 0 Å². The van der Waals surface area contributed by atoms with Crippen molar-refractivity contribution in [3.8, 4) is 0 Å². The van der Waals surface area contributed by atoms with Crippen molar-refractivity contribution in [2.75, 3.05) is 19.6 Å². The molecule has 0 radical (unpaired) electrons. The van der Waals surface area contributed by atoms with Gasteiger partial charge < -0.3 is 10.2 Å². The van der Waals surface area contributed by atoms with Gasteiger partial charge in [0, 0.05) is 25.7 Å². The maximum absolute atomic E-state index is 12.5. The van der Waals surface area contributed by atoms with Gasteiger partial charge in [-0.1, -0.05) is 26.2 Å². The van der Waals surface area contributed by atoms with Crippen LogP contribution in [-0.2, 0) is 6.54 Å². The van der Waals surface area contributed by atoms with Crippen LogP contribution in [0, 0.1) is 5.92 Å². The summed E-state index contributed by atoms with van der Waals surface area (Å²) in [6.45, 7) is 5.06. The lowest BCUT2D eigenvalue weighted by atomic mass is 10.2. The number of nitrogens with zero attached hydrogens (tertiary/aromatic N) is 3. The minimum absolute atomic E-state index is 0.0117. The van der Waals surface area contributed by atoms with E-state index in [1.54, 1.807) is 10.7 Å². The van der Waals surface area contributed by atoms with Crippen LogP contribution in [0.25, 0.3) is 0 Å². The van der Waals surface area contributed by atoms with Gasteiger partial charge in [-0.25, -0.2) is 0 Å². The molecular weight excluding hydrogens is 292 g/mol. The molecule has 126 valence electrons. The lowest BCUT2D eigenvalue weighted by Crippen LogP contribution is -2.41. The summed E-state index contributed by atoms with van der Waals surface area (Å²) in [4.78, 5) is 26.5. The van der Waals surface area contributed by atoms with E-state index in [4.69, 9.17) is 0 Å². The smallest absolute Gasteiger partial charge is 0.272 e. The lowest BCUT2D eigenvalue weighted by molar-refractivity contribution is 0.0688. The fraction of sp³-hybridized carbons (Fsp3) is 0.706. The fourth-order valence-electron chi connectivity index (χ4n) is 2.98. The van der Waals surface area contributed by atoms with Gasteiger partial charge in [0.2, 0.25) is 0 Å². The van der Waals surface area contributed by atoms with E-state index in [-0.39, 0.29) is 11.8 Å². The van der Waals surface area contributed by atoms with E-state index in [0.717, 1.165) is 19.4 Å². The number of hydrogen-bond acceptors (Lipinski definition) is 3. The van der Waals surface area contributed by atoms with Crippen molar-refractivity contribution >= 4 is 11.8 Å². The third kappa shape index (κ3) is 3.92. The average Bonchev–Trinajstić information content (AvgIpc) is 3.25. The molecule has 1 aromatic heterocycles. The molecule has 3 rings (SSSR count). The molecule has 0 bridgehead atoms. The third-order valence-electron chi connectivity index (χ3n) is 4.59. The average molecular weight is 318 g/mol. The van der Waals surface area contributed by atoms with Crippen LogP contribution in [0.3, 0.4) is 0 Å². The van der Waals surface area contributed by atoms with Crippen molar-refractivity contribution in [2.45, 2.75) is 52.0 Å². The number of fused-ring (bicyclic) bond motifs is 1. The molecule has 2 heterocycles. The van der Waals surface area contributed by atoms with Crippen molar-refractivity contribution in [2.24, 2.45) is 5.92 Å². The number of rotatable bonds is 8. The number of amides is 2. The van der Waals surface area contributed by atoms with Crippen molar-refractivity contribution < 1.29 is 9.59 Å². The molecule has 1 aliphatic carbocycles. The Morgan fingerprint density at radius 2 is 2.13 bits per heavy atom. The zero-order valence-corrected chi connectivity index (χ0v) is 13.9. The summed E-state index contributed by atoms with van der Waals surface area (Å²) in [5, 5.41) is 7.20. The summed E-state index contributed by atoms with van der Waals surface area (Å²) in [7, 11) is 0. The summed E-state index contributed by atoms with van der Waals surface area (Å²) in [6, 6.07) is 1.64. The second-order valence-corrected chi connectivity index (χ2v) is 6.65. The number of carbonyl (C=O) groups excluding carboxylic acids is 2. The Labute approximate surface area is 137 Å². The van der Waals surface area contributed by atoms with Gasteiger partial charge >= 0.3 is 0 Å². The zero-order chi connectivity index (χ0) is 16.2. The molecule has 0 spiro atoms. The van der Waals surface area contributed by atoms with Crippen LogP contribution in [0.1, 0.15) is 66.4 Å². The maximum Gasteiger partial charge on any atom is 0.272 e. The zero-order valence-electron chi connectivity index (χ0n) is 13.9. The molecule has 1 fully saturated rings. The molecule has 6 nitrogen and oxygen atoms in total. The van der Waals surface area contributed by atoms with E-state index < -0.39 is 0 Å².